The van der Waals surface area contributed by atoms with Crippen molar-refractivity contribution in [3.8, 4) is 0 Å². The van der Waals surface area contributed by atoms with Gasteiger partial charge in [-0.2, -0.15) is 0 Å². The standard InChI is InChI=1S/C11H14FN3O2/c12-8-5-13-11(14-6-8)15-9-3-1-2-7(4-9)10(16)17/h5-7,9H,1-4H2,(H,16,17)(H,13,14,15). The van der Waals surface area contributed by atoms with Gasteiger partial charge in [0.15, 0.2) is 5.82 Å². The zero-order chi connectivity index (χ0) is 12.3. The van der Waals surface area contributed by atoms with Crippen molar-refractivity contribution >= 4 is 11.9 Å². The maximum absolute atomic E-state index is 12.6. The molecule has 0 radical (unpaired) electrons. The van der Waals surface area contributed by atoms with Gasteiger partial charge in [-0.25, -0.2) is 14.4 Å². The molecule has 1 aliphatic carbocycles. The van der Waals surface area contributed by atoms with Crippen molar-refractivity contribution in [2.75, 3.05) is 5.32 Å². The second kappa shape index (κ2) is 5.07. The number of nitrogens with zero attached hydrogens (tertiary/aromatic N) is 2. The van der Waals surface area contributed by atoms with Gasteiger partial charge in [0, 0.05) is 6.04 Å². The molecule has 2 unspecified atom stereocenters. The van der Waals surface area contributed by atoms with Crippen LogP contribution in [0.15, 0.2) is 12.4 Å². The molecule has 0 bridgehead atoms. The molecule has 1 fully saturated rings. The molecule has 2 N–H and O–H groups in total. The Bertz CT molecular complexity index is 396. The monoisotopic (exact) mass is 239 g/mol. The quantitative estimate of drug-likeness (QED) is 0.839. The summed E-state index contributed by atoms with van der Waals surface area (Å²) >= 11 is 0. The Hall–Kier alpha value is -1.72. The van der Waals surface area contributed by atoms with Gasteiger partial charge in [-0.3, -0.25) is 4.79 Å². The average Bonchev–Trinajstić information content (AvgIpc) is 2.32. The van der Waals surface area contributed by atoms with Gasteiger partial charge in [0.1, 0.15) is 0 Å². The van der Waals surface area contributed by atoms with Crippen LogP contribution < -0.4 is 5.32 Å². The number of nitrogens with one attached hydrogen (secondary N) is 1. The van der Waals surface area contributed by atoms with Gasteiger partial charge in [-0.15, -0.1) is 0 Å². The molecule has 1 aliphatic rings. The van der Waals surface area contributed by atoms with E-state index >= 15 is 0 Å². The van der Waals surface area contributed by atoms with E-state index in [1.54, 1.807) is 0 Å². The third-order valence-corrected chi connectivity index (χ3v) is 2.98. The van der Waals surface area contributed by atoms with Crippen molar-refractivity contribution in [2.45, 2.75) is 31.7 Å². The maximum atomic E-state index is 12.6. The molecule has 1 aromatic heterocycles. The predicted octanol–water partition coefficient (Wildman–Crippen LogP) is 1.67. The number of hydrogen-bond acceptors (Lipinski definition) is 4. The van der Waals surface area contributed by atoms with Gasteiger partial charge in [0.25, 0.3) is 0 Å². The molecule has 2 atom stereocenters. The van der Waals surface area contributed by atoms with Crippen molar-refractivity contribution in [2.24, 2.45) is 5.92 Å². The first kappa shape index (κ1) is 11.8. The van der Waals surface area contributed by atoms with Gasteiger partial charge in [0.05, 0.1) is 18.3 Å². The number of carboxylic acid groups (broad SMARTS) is 1. The average molecular weight is 239 g/mol. The first-order valence-electron chi connectivity index (χ1n) is 5.62. The summed E-state index contributed by atoms with van der Waals surface area (Å²) in [5, 5.41) is 12.0. The van der Waals surface area contributed by atoms with Crippen LogP contribution >= 0.6 is 0 Å². The van der Waals surface area contributed by atoms with Crippen LogP contribution in [0.2, 0.25) is 0 Å². The Kier molecular flexibility index (Phi) is 3.51. The van der Waals surface area contributed by atoms with E-state index in [2.05, 4.69) is 15.3 Å². The molecule has 1 aromatic rings. The van der Waals surface area contributed by atoms with Crippen molar-refractivity contribution in [1.82, 2.24) is 9.97 Å². The lowest BCUT2D eigenvalue weighted by Gasteiger charge is -2.27. The number of hydrogen-bond donors (Lipinski definition) is 2. The fourth-order valence-electron chi connectivity index (χ4n) is 2.11. The van der Waals surface area contributed by atoms with E-state index in [4.69, 9.17) is 5.11 Å². The van der Waals surface area contributed by atoms with E-state index < -0.39 is 11.8 Å². The number of rotatable bonds is 3. The van der Waals surface area contributed by atoms with Gasteiger partial charge in [-0.1, -0.05) is 6.42 Å². The van der Waals surface area contributed by atoms with E-state index in [9.17, 15) is 9.18 Å². The minimum absolute atomic E-state index is 0.0512. The molecule has 1 saturated carbocycles. The Balaban J connectivity index is 1.94. The molecule has 6 heteroatoms. The Labute approximate surface area is 98.1 Å². The van der Waals surface area contributed by atoms with Crippen LogP contribution in [-0.4, -0.2) is 27.1 Å². The van der Waals surface area contributed by atoms with Crippen LogP contribution in [0.3, 0.4) is 0 Å². The highest BCUT2D eigenvalue weighted by Crippen LogP contribution is 2.26. The summed E-state index contributed by atoms with van der Waals surface area (Å²) in [6.07, 6.45) is 5.23. The van der Waals surface area contributed by atoms with Crippen LogP contribution in [0.4, 0.5) is 10.3 Å². The van der Waals surface area contributed by atoms with Crippen molar-refractivity contribution in [3.05, 3.63) is 18.2 Å². The molecular formula is C11H14FN3O2. The smallest absolute Gasteiger partial charge is 0.306 e. The number of aliphatic carboxylic acids is 1. The number of carboxylic acids is 1. The summed E-state index contributed by atoms with van der Waals surface area (Å²) in [4.78, 5) is 18.5. The lowest BCUT2D eigenvalue weighted by Crippen LogP contribution is -2.31. The fraction of sp³-hybridized carbons (Fsp3) is 0.545. The van der Waals surface area contributed by atoms with Gasteiger partial charge in [0.2, 0.25) is 5.95 Å². The number of anilines is 1. The summed E-state index contributed by atoms with van der Waals surface area (Å²) in [5.74, 6) is -1.19. The third-order valence-electron chi connectivity index (χ3n) is 2.98. The largest absolute Gasteiger partial charge is 0.481 e. The number of carbonyl (C=O) groups is 1. The highest BCUT2D eigenvalue weighted by molar-refractivity contribution is 5.70. The molecule has 17 heavy (non-hydrogen) atoms. The molecule has 0 amide bonds. The van der Waals surface area contributed by atoms with Crippen molar-refractivity contribution < 1.29 is 14.3 Å². The molecule has 0 aromatic carbocycles. The topological polar surface area (TPSA) is 75.1 Å². The Morgan fingerprint density at radius 3 is 2.76 bits per heavy atom. The van der Waals surface area contributed by atoms with Crippen molar-refractivity contribution in [1.29, 1.82) is 0 Å². The number of halogens is 1. The number of aromatic nitrogens is 2. The highest BCUT2D eigenvalue weighted by Gasteiger charge is 2.27. The molecule has 0 spiro atoms. The predicted molar refractivity (Wildman–Crippen MR) is 59.0 cm³/mol. The van der Waals surface area contributed by atoms with Crippen LogP contribution in [-0.2, 0) is 4.79 Å². The third kappa shape index (κ3) is 3.12. The minimum atomic E-state index is -0.753. The fourth-order valence-corrected chi connectivity index (χ4v) is 2.11. The summed E-state index contributed by atoms with van der Waals surface area (Å²) in [5.41, 5.74) is 0. The lowest BCUT2D eigenvalue weighted by molar-refractivity contribution is -0.142. The Morgan fingerprint density at radius 2 is 2.12 bits per heavy atom. The second-order valence-corrected chi connectivity index (χ2v) is 4.27. The van der Waals surface area contributed by atoms with Crippen LogP contribution in [0.5, 0.6) is 0 Å². The van der Waals surface area contributed by atoms with Gasteiger partial charge < -0.3 is 10.4 Å². The molecule has 0 saturated heterocycles. The highest BCUT2D eigenvalue weighted by atomic mass is 19.1. The van der Waals surface area contributed by atoms with E-state index in [1.807, 2.05) is 0 Å². The van der Waals surface area contributed by atoms with Crippen LogP contribution in [0.1, 0.15) is 25.7 Å². The first-order chi connectivity index (χ1) is 8.15. The summed E-state index contributed by atoms with van der Waals surface area (Å²) in [6, 6.07) is 0.0512. The molecule has 5 nitrogen and oxygen atoms in total. The lowest BCUT2D eigenvalue weighted by atomic mass is 9.86. The summed E-state index contributed by atoms with van der Waals surface area (Å²) < 4.78 is 12.6. The Morgan fingerprint density at radius 1 is 1.41 bits per heavy atom. The van der Waals surface area contributed by atoms with Crippen LogP contribution in [0, 0.1) is 11.7 Å². The van der Waals surface area contributed by atoms with Gasteiger partial charge in [-0.05, 0) is 19.3 Å². The zero-order valence-electron chi connectivity index (χ0n) is 9.27. The molecule has 1 heterocycles. The molecule has 92 valence electrons. The van der Waals surface area contributed by atoms with E-state index in [-0.39, 0.29) is 12.0 Å². The SMILES string of the molecule is O=C(O)C1CCCC(Nc2ncc(F)cn2)C1. The maximum Gasteiger partial charge on any atom is 0.306 e. The van der Waals surface area contributed by atoms with E-state index in [1.165, 1.54) is 0 Å². The summed E-state index contributed by atoms with van der Waals surface area (Å²) in [6.45, 7) is 0. The van der Waals surface area contributed by atoms with Gasteiger partial charge >= 0.3 is 5.97 Å². The van der Waals surface area contributed by atoms with E-state index in [0.717, 1.165) is 31.7 Å². The summed E-state index contributed by atoms with van der Waals surface area (Å²) in [7, 11) is 0. The van der Waals surface area contributed by atoms with Crippen LogP contribution in [0.25, 0.3) is 0 Å². The molecule has 0 aliphatic heterocycles. The zero-order valence-corrected chi connectivity index (χ0v) is 9.27. The van der Waals surface area contributed by atoms with Crippen molar-refractivity contribution in [3.63, 3.8) is 0 Å². The first-order valence-corrected chi connectivity index (χ1v) is 5.62. The second-order valence-electron chi connectivity index (χ2n) is 4.27. The normalized spacial score (nSPS) is 24.3. The van der Waals surface area contributed by atoms with E-state index in [0.29, 0.717) is 12.4 Å². The minimum Gasteiger partial charge on any atom is -0.481 e. The molecule has 2 rings (SSSR count). The molecular weight excluding hydrogens is 225 g/mol.